The van der Waals surface area contributed by atoms with E-state index in [1.807, 2.05) is 49.6 Å². The molecule has 1 aliphatic rings. The Bertz CT molecular complexity index is 1450. The van der Waals surface area contributed by atoms with Crippen molar-refractivity contribution < 1.29 is 9.59 Å². The van der Waals surface area contributed by atoms with E-state index in [0.717, 1.165) is 22.1 Å². The lowest BCUT2D eigenvalue weighted by Crippen LogP contribution is -2.55. The smallest absolute Gasteiger partial charge is 0.257 e. The normalized spacial score (nSPS) is 15.7. The van der Waals surface area contributed by atoms with Gasteiger partial charge in [-0.05, 0) is 31.5 Å². The number of amides is 2. The van der Waals surface area contributed by atoms with Gasteiger partial charge in [-0.2, -0.15) is 5.10 Å². The monoisotopic (exact) mass is 553 g/mol. The Morgan fingerprint density at radius 3 is 2.54 bits per heavy atom. The summed E-state index contributed by atoms with van der Waals surface area (Å²) in [4.78, 5) is 35.0. The molecular formula is C27H25Cl2N5O2S. The average Bonchev–Trinajstić information content (AvgIpc) is 3.55. The molecule has 5 rings (SSSR count). The summed E-state index contributed by atoms with van der Waals surface area (Å²) in [6.07, 6.45) is 2.25. The predicted octanol–water partition coefficient (Wildman–Crippen LogP) is 5.85. The summed E-state index contributed by atoms with van der Waals surface area (Å²) >= 11 is 13.7. The fourth-order valence-electron chi connectivity index (χ4n) is 4.59. The fraction of sp³-hybridized carbons (Fsp3) is 0.259. The van der Waals surface area contributed by atoms with Crippen molar-refractivity contribution in [2.75, 3.05) is 19.6 Å². The van der Waals surface area contributed by atoms with Crippen LogP contribution in [0.2, 0.25) is 10.0 Å². The number of nitrogens with zero attached hydrogens (tertiary/aromatic N) is 5. The van der Waals surface area contributed by atoms with E-state index >= 15 is 0 Å². The summed E-state index contributed by atoms with van der Waals surface area (Å²) in [6, 6.07) is 14.7. The Hall–Kier alpha value is -3.20. The predicted molar refractivity (Wildman–Crippen MR) is 147 cm³/mol. The van der Waals surface area contributed by atoms with E-state index in [2.05, 4.69) is 5.10 Å². The Kier molecular flexibility index (Phi) is 7.33. The van der Waals surface area contributed by atoms with Crippen molar-refractivity contribution in [2.24, 2.45) is 0 Å². The third kappa shape index (κ3) is 5.01. The molecule has 10 heteroatoms. The molecule has 37 heavy (non-hydrogen) atoms. The Balaban J connectivity index is 1.32. The zero-order chi connectivity index (χ0) is 26.1. The maximum Gasteiger partial charge on any atom is 0.257 e. The number of benzene rings is 2. The van der Waals surface area contributed by atoms with E-state index in [0.29, 0.717) is 47.2 Å². The van der Waals surface area contributed by atoms with Crippen molar-refractivity contribution in [3.05, 3.63) is 87.0 Å². The van der Waals surface area contributed by atoms with Crippen LogP contribution in [0.15, 0.2) is 60.1 Å². The van der Waals surface area contributed by atoms with E-state index in [1.54, 1.807) is 38.9 Å². The molecule has 2 amide bonds. The highest BCUT2D eigenvalue weighted by molar-refractivity contribution is 7.12. The Labute approximate surface area is 229 Å². The van der Waals surface area contributed by atoms with Gasteiger partial charge in [-0.3, -0.25) is 9.59 Å². The maximum absolute atomic E-state index is 13.6. The molecule has 3 heterocycles. The lowest BCUT2D eigenvalue weighted by molar-refractivity contribution is 0.0414. The average molecular weight is 555 g/mol. The Morgan fingerprint density at radius 1 is 1.05 bits per heavy atom. The van der Waals surface area contributed by atoms with Gasteiger partial charge < -0.3 is 9.80 Å². The molecule has 0 radical (unpaired) electrons. The summed E-state index contributed by atoms with van der Waals surface area (Å²) in [5, 5.41) is 8.04. The second kappa shape index (κ2) is 10.7. The van der Waals surface area contributed by atoms with Crippen molar-refractivity contribution in [2.45, 2.75) is 26.3 Å². The minimum atomic E-state index is -0.176. The van der Waals surface area contributed by atoms with Crippen molar-refractivity contribution in [3.8, 4) is 16.4 Å². The molecule has 0 saturated carbocycles. The minimum absolute atomic E-state index is 0.0913. The van der Waals surface area contributed by atoms with Crippen LogP contribution < -0.4 is 0 Å². The molecular weight excluding hydrogens is 529 g/mol. The molecule has 7 nitrogen and oxygen atoms in total. The number of hydrogen-bond acceptors (Lipinski definition) is 5. The highest BCUT2D eigenvalue weighted by atomic mass is 35.5. The first-order valence-electron chi connectivity index (χ1n) is 12.0. The van der Waals surface area contributed by atoms with Crippen LogP contribution in [0.4, 0.5) is 0 Å². The molecule has 1 unspecified atom stereocenters. The third-order valence-electron chi connectivity index (χ3n) is 6.51. The van der Waals surface area contributed by atoms with Gasteiger partial charge in [-0.1, -0.05) is 60.5 Å². The van der Waals surface area contributed by atoms with Crippen LogP contribution in [-0.4, -0.2) is 62.1 Å². The third-order valence-corrected chi connectivity index (χ3v) is 7.88. The zero-order valence-electron chi connectivity index (χ0n) is 20.4. The first-order valence-corrected chi connectivity index (χ1v) is 13.6. The molecule has 2 aromatic heterocycles. The van der Waals surface area contributed by atoms with E-state index in [4.69, 9.17) is 28.2 Å². The van der Waals surface area contributed by atoms with Gasteiger partial charge in [0.2, 0.25) is 5.13 Å². The van der Waals surface area contributed by atoms with Crippen molar-refractivity contribution in [1.29, 1.82) is 0 Å². The van der Waals surface area contributed by atoms with Gasteiger partial charge >= 0.3 is 0 Å². The number of aromatic nitrogens is 3. The molecule has 1 saturated heterocycles. The zero-order valence-corrected chi connectivity index (χ0v) is 22.7. The van der Waals surface area contributed by atoms with Crippen LogP contribution in [0.1, 0.15) is 40.3 Å². The molecule has 0 bridgehead atoms. The van der Waals surface area contributed by atoms with E-state index in [9.17, 15) is 9.59 Å². The summed E-state index contributed by atoms with van der Waals surface area (Å²) in [6.45, 7) is 5.19. The first-order chi connectivity index (χ1) is 17.9. The lowest BCUT2D eigenvalue weighted by atomic mass is 10.1. The largest absolute Gasteiger partial charge is 0.335 e. The number of carbonyl (C=O) groups excluding carboxylic acids is 2. The molecule has 0 aliphatic carbocycles. The second-order valence-corrected chi connectivity index (χ2v) is 10.6. The van der Waals surface area contributed by atoms with Gasteiger partial charge in [-0.15, -0.1) is 11.3 Å². The summed E-state index contributed by atoms with van der Waals surface area (Å²) in [5.41, 5.74) is 3.70. The summed E-state index contributed by atoms with van der Waals surface area (Å²) in [5.74, 6) is -0.257. The molecule has 1 fully saturated rings. The highest BCUT2D eigenvalue weighted by Crippen LogP contribution is 2.27. The highest BCUT2D eigenvalue weighted by Gasteiger charge is 2.33. The van der Waals surface area contributed by atoms with Gasteiger partial charge in [0.05, 0.1) is 33.7 Å². The fourth-order valence-corrected chi connectivity index (χ4v) is 5.90. The molecule has 2 aromatic carbocycles. The number of piperazine rings is 1. The number of rotatable bonds is 5. The number of thiazole rings is 1. The molecule has 190 valence electrons. The van der Waals surface area contributed by atoms with E-state index < -0.39 is 0 Å². The van der Waals surface area contributed by atoms with E-state index in [-0.39, 0.29) is 17.9 Å². The number of hydrogen-bond donors (Lipinski definition) is 0. The molecule has 4 aromatic rings. The molecule has 1 aliphatic heterocycles. The van der Waals surface area contributed by atoms with Crippen LogP contribution in [0.25, 0.3) is 16.4 Å². The minimum Gasteiger partial charge on any atom is -0.335 e. The molecule has 0 spiro atoms. The topological polar surface area (TPSA) is 71.3 Å². The van der Waals surface area contributed by atoms with Crippen LogP contribution in [-0.2, 0) is 6.42 Å². The quantitative estimate of drug-likeness (QED) is 0.310. The Morgan fingerprint density at radius 2 is 1.84 bits per heavy atom. The standard InChI is InChI=1S/C27H25Cl2N5O2S/c1-3-24-21(14-30-34(24)27-31-23(16-37-27)18-7-5-4-6-8-18)25(35)32-11-12-33(17(2)15-32)26(36)20-10-9-19(28)13-22(20)29/h4-10,13-14,16-17H,3,11-12,15H2,1-2H3. The SMILES string of the molecule is CCc1c(C(=O)N2CCN(C(=O)c3ccc(Cl)cc3Cl)C(C)C2)cnn1-c1nc(-c2ccccc2)cs1. The van der Waals surface area contributed by atoms with Crippen molar-refractivity contribution in [3.63, 3.8) is 0 Å². The summed E-state index contributed by atoms with van der Waals surface area (Å²) in [7, 11) is 0. The second-order valence-electron chi connectivity index (χ2n) is 8.87. The number of carbonyl (C=O) groups is 2. The van der Waals surface area contributed by atoms with Crippen LogP contribution >= 0.6 is 34.5 Å². The van der Waals surface area contributed by atoms with Gasteiger partial charge in [0.1, 0.15) is 0 Å². The van der Waals surface area contributed by atoms with Gasteiger partial charge in [0, 0.05) is 41.6 Å². The van der Waals surface area contributed by atoms with Gasteiger partial charge in [-0.25, -0.2) is 9.67 Å². The van der Waals surface area contributed by atoms with Gasteiger partial charge in [0.15, 0.2) is 0 Å². The summed E-state index contributed by atoms with van der Waals surface area (Å²) < 4.78 is 1.76. The van der Waals surface area contributed by atoms with Crippen LogP contribution in [0.5, 0.6) is 0 Å². The van der Waals surface area contributed by atoms with Crippen molar-refractivity contribution in [1.82, 2.24) is 24.6 Å². The van der Waals surface area contributed by atoms with Crippen LogP contribution in [0, 0.1) is 0 Å². The molecule has 0 N–H and O–H groups in total. The van der Waals surface area contributed by atoms with Gasteiger partial charge in [0.25, 0.3) is 11.8 Å². The van der Waals surface area contributed by atoms with Crippen molar-refractivity contribution >= 4 is 46.4 Å². The number of halogens is 2. The lowest BCUT2D eigenvalue weighted by Gasteiger charge is -2.40. The van der Waals surface area contributed by atoms with E-state index in [1.165, 1.54) is 11.3 Å². The molecule has 1 atom stereocenters. The first kappa shape index (κ1) is 25.4. The maximum atomic E-state index is 13.6. The van der Waals surface area contributed by atoms with Crippen LogP contribution in [0.3, 0.4) is 0 Å².